The summed E-state index contributed by atoms with van der Waals surface area (Å²) in [6.07, 6.45) is 23.2. The molecule has 1 saturated carbocycles. The molecule has 0 aromatic heterocycles. The summed E-state index contributed by atoms with van der Waals surface area (Å²) < 4.78 is 14.1. The molecule has 1 aliphatic heterocycles. The number of hydrogen-bond donors (Lipinski definition) is 0. The second-order valence-corrected chi connectivity index (χ2v) is 16.0. The van der Waals surface area contributed by atoms with Gasteiger partial charge in [0.1, 0.15) is 0 Å². The lowest BCUT2D eigenvalue weighted by Gasteiger charge is -2.40. The van der Waals surface area contributed by atoms with Gasteiger partial charge in [0.2, 0.25) is 0 Å². The number of ether oxygens (including phenoxy) is 2. The van der Waals surface area contributed by atoms with E-state index in [1.807, 2.05) is 0 Å². The van der Waals surface area contributed by atoms with Gasteiger partial charge in [-0.2, -0.15) is 0 Å². The van der Waals surface area contributed by atoms with Gasteiger partial charge in [-0.1, -0.05) is 139 Å². The number of fused-ring (bicyclic) bond motifs is 11. The van der Waals surface area contributed by atoms with Crippen molar-refractivity contribution in [1.82, 2.24) is 0 Å². The monoisotopic (exact) mass is 697 g/mol. The normalized spacial score (nSPS) is 29.3. The molecule has 7 atom stereocenters. The average molecular weight is 698 g/mol. The van der Waals surface area contributed by atoms with Crippen molar-refractivity contribution in [3.05, 3.63) is 209 Å². The number of para-hydroxylation sites is 1. The Hall–Kier alpha value is -6.06. The predicted octanol–water partition coefficient (Wildman–Crippen LogP) is 11.4. The predicted molar refractivity (Wildman–Crippen MR) is 217 cm³/mol. The van der Waals surface area contributed by atoms with Crippen molar-refractivity contribution in [1.29, 1.82) is 0 Å². The Labute approximate surface area is 316 Å². The van der Waals surface area contributed by atoms with Gasteiger partial charge in [0, 0.05) is 28.3 Å². The summed E-state index contributed by atoms with van der Waals surface area (Å²) in [6, 6.07) is 42.9. The van der Waals surface area contributed by atoms with E-state index in [1.165, 1.54) is 50.3 Å². The first kappa shape index (κ1) is 30.4. The third-order valence-electron chi connectivity index (χ3n) is 13.4. The summed E-state index contributed by atoms with van der Waals surface area (Å²) >= 11 is 0. The maximum Gasteiger partial charge on any atom is 0.165 e. The Balaban J connectivity index is 0.935. The van der Waals surface area contributed by atoms with E-state index in [9.17, 15) is 0 Å². The van der Waals surface area contributed by atoms with Crippen LogP contribution in [0.1, 0.15) is 47.1 Å². The minimum atomic E-state index is -0.297. The highest BCUT2D eigenvalue weighted by Gasteiger charge is 2.79. The molecule has 6 aliphatic carbocycles. The third kappa shape index (κ3) is 3.86. The Kier molecular flexibility index (Phi) is 6.19. The summed E-state index contributed by atoms with van der Waals surface area (Å²) in [4.78, 5) is 2.45. The molecule has 54 heavy (non-hydrogen) atoms. The van der Waals surface area contributed by atoms with Crippen molar-refractivity contribution in [3.8, 4) is 22.6 Å². The van der Waals surface area contributed by atoms with E-state index in [0.717, 1.165) is 29.1 Å². The van der Waals surface area contributed by atoms with Crippen LogP contribution in [0, 0.1) is 11.3 Å². The lowest BCUT2D eigenvalue weighted by atomic mass is 9.62. The maximum atomic E-state index is 7.15. The molecule has 0 saturated heterocycles. The largest absolute Gasteiger partial charge is 0.478 e. The molecule has 5 aromatic carbocycles. The van der Waals surface area contributed by atoms with Crippen LogP contribution in [0.4, 0.5) is 11.4 Å². The van der Waals surface area contributed by atoms with Crippen LogP contribution in [0.2, 0.25) is 0 Å². The number of benzene rings is 5. The van der Waals surface area contributed by atoms with Crippen molar-refractivity contribution in [3.63, 3.8) is 0 Å². The smallest absolute Gasteiger partial charge is 0.165 e. The molecule has 0 N–H and O–H groups in total. The van der Waals surface area contributed by atoms with E-state index in [4.69, 9.17) is 9.47 Å². The SMILES string of the molecule is CC1=CC=CC(N(c2ccccc2)c2ccc(C3=CC=CC4Oc5cc6c(cc5OC34)C3(c4ccccc4-6)c4ccccc4C4C5C=CC=C[C@@]543)cc2)C1. The summed E-state index contributed by atoms with van der Waals surface area (Å²) in [5.74, 6) is 2.59. The van der Waals surface area contributed by atoms with Gasteiger partial charge in [-0.25, -0.2) is 0 Å². The number of allylic oxidation sites excluding steroid dienone is 8. The summed E-state index contributed by atoms with van der Waals surface area (Å²) in [7, 11) is 0. The van der Waals surface area contributed by atoms with E-state index in [1.54, 1.807) is 0 Å². The highest BCUT2D eigenvalue weighted by Crippen LogP contribution is 2.85. The van der Waals surface area contributed by atoms with Crippen LogP contribution in [0.25, 0.3) is 16.7 Å². The van der Waals surface area contributed by atoms with Crippen molar-refractivity contribution in [2.45, 2.75) is 42.9 Å². The van der Waals surface area contributed by atoms with Crippen molar-refractivity contribution < 1.29 is 9.47 Å². The van der Waals surface area contributed by atoms with Crippen LogP contribution in [-0.2, 0) is 5.41 Å². The van der Waals surface area contributed by atoms with Gasteiger partial charge in [0.15, 0.2) is 23.7 Å². The van der Waals surface area contributed by atoms with E-state index >= 15 is 0 Å². The molecule has 7 aliphatic rings. The molecule has 1 fully saturated rings. The fourth-order valence-corrected chi connectivity index (χ4v) is 11.3. The second kappa shape index (κ2) is 11.0. The van der Waals surface area contributed by atoms with Gasteiger partial charge in [-0.05, 0) is 101 Å². The molecule has 2 spiro atoms. The van der Waals surface area contributed by atoms with Crippen LogP contribution in [-0.4, -0.2) is 18.2 Å². The van der Waals surface area contributed by atoms with Crippen LogP contribution in [0.3, 0.4) is 0 Å². The van der Waals surface area contributed by atoms with Gasteiger partial charge < -0.3 is 14.4 Å². The molecule has 260 valence electrons. The van der Waals surface area contributed by atoms with Crippen LogP contribution in [0.15, 0.2) is 182 Å². The molecule has 6 unspecified atom stereocenters. The Morgan fingerprint density at radius 1 is 0.630 bits per heavy atom. The topological polar surface area (TPSA) is 21.7 Å². The highest BCUT2D eigenvalue weighted by molar-refractivity contribution is 5.90. The number of rotatable bonds is 4. The lowest BCUT2D eigenvalue weighted by molar-refractivity contribution is 0.0814. The standard InChI is InChI=1S/C51H39NO2/c1-32-13-11-16-36(29-32)52(34-14-3-2-4-15-34)35-26-24-33(25-27-35)37-19-12-23-45-49(37)54-47-31-44-40(30-46(47)53-45)38-17-5-7-20-41(38)51(44)42-21-8-6-18-39(42)48-43-22-9-10-28-50(43,48)51/h2-28,30-31,36,43,45,48-49H,29H2,1H3/t36?,43?,45?,48?,49?,50-,51?/m1/s1. The Morgan fingerprint density at radius 2 is 1.39 bits per heavy atom. The average Bonchev–Trinajstić information content (AvgIpc) is 3.73. The van der Waals surface area contributed by atoms with E-state index in [2.05, 4.69) is 188 Å². The molecule has 1 heterocycles. The minimum Gasteiger partial charge on any atom is -0.478 e. The lowest BCUT2D eigenvalue weighted by Crippen LogP contribution is -2.41. The minimum absolute atomic E-state index is 0.0322. The van der Waals surface area contributed by atoms with Gasteiger partial charge in [-0.15, -0.1) is 0 Å². The number of hydrogen-bond acceptors (Lipinski definition) is 3. The third-order valence-corrected chi connectivity index (χ3v) is 13.4. The van der Waals surface area contributed by atoms with E-state index in [0.29, 0.717) is 11.8 Å². The molecule has 3 heteroatoms. The first-order chi connectivity index (χ1) is 26.7. The zero-order valence-corrected chi connectivity index (χ0v) is 30.1. The summed E-state index contributed by atoms with van der Waals surface area (Å²) in [6.45, 7) is 2.22. The van der Waals surface area contributed by atoms with E-state index < -0.39 is 0 Å². The van der Waals surface area contributed by atoms with Gasteiger partial charge in [0.25, 0.3) is 0 Å². The first-order valence-electron chi connectivity index (χ1n) is 19.4. The molecular weight excluding hydrogens is 659 g/mol. The summed E-state index contributed by atoms with van der Waals surface area (Å²) in [5.41, 5.74) is 13.9. The van der Waals surface area contributed by atoms with Crippen LogP contribution < -0.4 is 14.4 Å². The second-order valence-electron chi connectivity index (χ2n) is 16.0. The molecule has 5 aromatic rings. The van der Waals surface area contributed by atoms with Gasteiger partial charge in [-0.3, -0.25) is 0 Å². The van der Waals surface area contributed by atoms with Crippen LogP contribution in [0.5, 0.6) is 11.5 Å². The van der Waals surface area contributed by atoms with Crippen molar-refractivity contribution >= 4 is 16.9 Å². The maximum absolute atomic E-state index is 7.15. The number of anilines is 2. The highest BCUT2D eigenvalue weighted by atomic mass is 16.6. The van der Waals surface area contributed by atoms with Crippen molar-refractivity contribution in [2.24, 2.45) is 11.3 Å². The first-order valence-corrected chi connectivity index (χ1v) is 19.4. The van der Waals surface area contributed by atoms with Crippen LogP contribution >= 0.6 is 0 Å². The fraction of sp³-hybridized carbons (Fsp3) is 0.176. The molecule has 3 nitrogen and oxygen atoms in total. The molecule has 0 radical (unpaired) electrons. The molecular formula is C51H39NO2. The molecule has 0 amide bonds. The van der Waals surface area contributed by atoms with Crippen molar-refractivity contribution in [2.75, 3.05) is 4.90 Å². The zero-order valence-electron chi connectivity index (χ0n) is 30.1. The number of nitrogens with zero attached hydrogens (tertiary/aromatic N) is 1. The Bertz CT molecular complexity index is 2590. The molecule has 0 bridgehead atoms. The van der Waals surface area contributed by atoms with Gasteiger partial charge >= 0.3 is 0 Å². The Morgan fingerprint density at radius 3 is 2.26 bits per heavy atom. The quantitative estimate of drug-likeness (QED) is 0.187. The zero-order chi connectivity index (χ0) is 35.6. The van der Waals surface area contributed by atoms with E-state index in [-0.39, 0.29) is 29.1 Å². The fourth-order valence-electron chi connectivity index (χ4n) is 11.3. The summed E-state index contributed by atoms with van der Waals surface area (Å²) in [5, 5.41) is 0. The molecule has 12 rings (SSSR count). The van der Waals surface area contributed by atoms with Gasteiger partial charge in [0.05, 0.1) is 11.5 Å².